The summed E-state index contributed by atoms with van der Waals surface area (Å²) in [7, 11) is 0. The third-order valence-electron chi connectivity index (χ3n) is 14.4. The fourth-order valence-electron chi connectivity index (χ4n) is 9.24. The fourth-order valence-corrected chi connectivity index (χ4v) is 9.24. The van der Waals surface area contributed by atoms with Gasteiger partial charge in [0, 0.05) is 19.3 Å². The summed E-state index contributed by atoms with van der Waals surface area (Å²) in [6, 6.07) is 0. The van der Waals surface area contributed by atoms with Gasteiger partial charge in [-0.05, 0) is 135 Å². The summed E-state index contributed by atoms with van der Waals surface area (Å²) in [4.78, 5) is 38.4. The van der Waals surface area contributed by atoms with Crippen LogP contribution in [0.15, 0.2) is 134 Å². The Labute approximate surface area is 506 Å². The van der Waals surface area contributed by atoms with E-state index in [1.54, 1.807) is 0 Å². The van der Waals surface area contributed by atoms with Crippen LogP contribution in [0.4, 0.5) is 0 Å². The van der Waals surface area contributed by atoms with Crippen LogP contribution in [0, 0.1) is 0 Å². The van der Waals surface area contributed by atoms with Crippen LogP contribution in [-0.4, -0.2) is 37.2 Å². The number of allylic oxidation sites excluding steroid dienone is 22. The van der Waals surface area contributed by atoms with E-state index in [2.05, 4.69) is 154 Å². The zero-order valence-corrected chi connectivity index (χ0v) is 53.5. The monoisotopic (exact) mass is 1130 g/mol. The SMILES string of the molecule is CC/C=C\C/C=C\C/C=C\C/C=C\C/C=C\C/C=C\CCCCCCCCCCCCC(=O)OCC(COC(=O)CCCCCCC/C=C\C/C=C\CCCC)OC(=O)CCCCCCCC/C=C\C/C=C\C/C=C\CCCCCCC. The second kappa shape index (κ2) is 69.0. The number of rotatable bonds is 61. The number of ether oxygens (including phenoxy) is 3. The quantitative estimate of drug-likeness (QED) is 0.0261. The van der Waals surface area contributed by atoms with Crippen molar-refractivity contribution in [3.8, 4) is 0 Å². The van der Waals surface area contributed by atoms with Crippen molar-refractivity contribution in [1.29, 1.82) is 0 Å². The van der Waals surface area contributed by atoms with Gasteiger partial charge in [-0.25, -0.2) is 0 Å². The van der Waals surface area contributed by atoms with Gasteiger partial charge in [-0.2, -0.15) is 0 Å². The number of unbranched alkanes of at least 4 members (excludes halogenated alkanes) is 28. The average molecular weight is 1140 g/mol. The van der Waals surface area contributed by atoms with Gasteiger partial charge in [-0.3, -0.25) is 14.4 Å². The summed E-state index contributed by atoms with van der Waals surface area (Å²) in [5.74, 6) is -0.918. The molecule has 0 aromatic rings. The van der Waals surface area contributed by atoms with Crippen LogP contribution >= 0.6 is 0 Å². The Balaban J connectivity index is 4.36. The van der Waals surface area contributed by atoms with Crippen LogP contribution in [0.25, 0.3) is 0 Å². The molecule has 0 amide bonds. The predicted molar refractivity (Wildman–Crippen MR) is 357 cm³/mol. The molecular formula is C76H126O6. The lowest BCUT2D eigenvalue weighted by Gasteiger charge is -2.18. The standard InChI is InChI=1S/C76H126O6/c1-4-7-10-13-16-19-22-25-28-30-32-34-35-36-37-38-39-40-41-43-44-46-48-51-54-57-60-63-66-69-75(78)81-72-73(71-80-74(77)68-65-62-59-56-53-50-27-24-21-18-15-12-9-6-3)82-76(79)70-67-64-61-58-55-52-49-47-45-42-33-31-29-26-23-20-17-14-11-8-5-2/h7,10,15-16,18-19,23-28,31-34,36-37,39-40,45,47,73H,4-6,8-9,11-14,17,20-22,29-30,35,38,41-44,46,48-72H2,1-3H3/b10-7-,18-15-,19-16-,26-23-,27-24-,28-25-,33-31-,34-32-,37-36-,40-39-,47-45-. The number of carbonyl (C=O) groups is 3. The summed E-state index contributed by atoms with van der Waals surface area (Å²) in [5.41, 5.74) is 0. The smallest absolute Gasteiger partial charge is 0.306 e. The average Bonchev–Trinajstić information content (AvgIpc) is 3.47. The van der Waals surface area contributed by atoms with Crippen molar-refractivity contribution < 1.29 is 28.6 Å². The summed E-state index contributed by atoms with van der Waals surface area (Å²) in [5, 5.41) is 0. The Morgan fingerprint density at radius 1 is 0.256 bits per heavy atom. The molecule has 82 heavy (non-hydrogen) atoms. The van der Waals surface area contributed by atoms with E-state index in [1.165, 1.54) is 122 Å². The first-order chi connectivity index (χ1) is 40.5. The lowest BCUT2D eigenvalue weighted by atomic mass is 10.1. The molecule has 0 rings (SSSR count). The molecule has 0 radical (unpaired) electrons. The van der Waals surface area contributed by atoms with Crippen molar-refractivity contribution in [3.63, 3.8) is 0 Å². The first kappa shape index (κ1) is 77.5. The second-order valence-electron chi connectivity index (χ2n) is 22.3. The van der Waals surface area contributed by atoms with Gasteiger partial charge < -0.3 is 14.2 Å². The zero-order chi connectivity index (χ0) is 59.2. The van der Waals surface area contributed by atoms with Crippen molar-refractivity contribution in [2.45, 2.75) is 316 Å². The maximum atomic E-state index is 12.9. The molecule has 0 saturated heterocycles. The van der Waals surface area contributed by atoms with E-state index in [1.807, 2.05) is 0 Å². The minimum atomic E-state index is -0.799. The molecule has 466 valence electrons. The largest absolute Gasteiger partial charge is 0.462 e. The lowest BCUT2D eigenvalue weighted by Crippen LogP contribution is -2.30. The molecule has 6 nitrogen and oxygen atoms in total. The molecule has 0 spiro atoms. The summed E-state index contributed by atoms with van der Waals surface area (Å²) in [6.45, 7) is 6.46. The molecule has 0 bridgehead atoms. The molecule has 0 heterocycles. The van der Waals surface area contributed by atoms with Gasteiger partial charge in [0.25, 0.3) is 0 Å². The molecule has 0 aliphatic heterocycles. The van der Waals surface area contributed by atoms with E-state index in [9.17, 15) is 14.4 Å². The number of esters is 3. The number of hydrogen-bond acceptors (Lipinski definition) is 6. The van der Waals surface area contributed by atoms with E-state index in [0.717, 1.165) is 148 Å². The molecule has 1 unspecified atom stereocenters. The minimum Gasteiger partial charge on any atom is -0.462 e. The summed E-state index contributed by atoms with van der Waals surface area (Å²) in [6.07, 6.45) is 97.4. The van der Waals surface area contributed by atoms with Crippen molar-refractivity contribution in [2.75, 3.05) is 13.2 Å². The van der Waals surface area contributed by atoms with Gasteiger partial charge in [0.1, 0.15) is 13.2 Å². The molecule has 1 atom stereocenters. The van der Waals surface area contributed by atoms with Crippen LogP contribution in [0.5, 0.6) is 0 Å². The van der Waals surface area contributed by atoms with E-state index < -0.39 is 6.10 Å². The van der Waals surface area contributed by atoms with Crippen molar-refractivity contribution in [1.82, 2.24) is 0 Å². The first-order valence-electron chi connectivity index (χ1n) is 34.2. The summed E-state index contributed by atoms with van der Waals surface area (Å²) >= 11 is 0. The lowest BCUT2D eigenvalue weighted by molar-refractivity contribution is -0.167. The predicted octanol–water partition coefficient (Wildman–Crippen LogP) is 23.7. The zero-order valence-electron chi connectivity index (χ0n) is 53.5. The maximum absolute atomic E-state index is 12.9. The van der Waals surface area contributed by atoms with Gasteiger partial charge in [0.15, 0.2) is 6.10 Å². The highest BCUT2D eigenvalue weighted by molar-refractivity contribution is 5.71. The fraction of sp³-hybridized carbons (Fsp3) is 0.671. The normalized spacial score (nSPS) is 13.0. The van der Waals surface area contributed by atoms with Crippen LogP contribution in [0.3, 0.4) is 0 Å². The van der Waals surface area contributed by atoms with Gasteiger partial charge in [0.2, 0.25) is 0 Å². The molecular weight excluding hydrogens is 1010 g/mol. The number of carbonyl (C=O) groups excluding carboxylic acids is 3. The van der Waals surface area contributed by atoms with E-state index in [4.69, 9.17) is 14.2 Å². The molecule has 0 N–H and O–H groups in total. The Morgan fingerprint density at radius 3 is 0.780 bits per heavy atom. The summed E-state index contributed by atoms with van der Waals surface area (Å²) < 4.78 is 16.9. The molecule has 0 aliphatic rings. The van der Waals surface area contributed by atoms with Gasteiger partial charge in [0.05, 0.1) is 0 Å². The van der Waals surface area contributed by atoms with E-state index in [-0.39, 0.29) is 31.1 Å². The Bertz CT molecular complexity index is 1730. The van der Waals surface area contributed by atoms with Crippen LogP contribution in [0.2, 0.25) is 0 Å². The van der Waals surface area contributed by atoms with Crippen LogP contribution < -0.4 is 0 Å². The third-order valence-corrected chi connectivity index (χ3v) is 14.4. The highest BCUT2D eigenvalue weighted by atomic mass is 16.6. The number of hydrogen-bond donors (Lipinski definition) is 0. The molecule has 0 aliphatic carbocycles. The molecule has 6 heteroatoms. The van der Waals surface area contributed by atoms with Crippen molar-refractivity contribution in [2.24, 2.45) is 0 Å². The molecule has 0 aromatic heterocycles. The van der Waals surface area contributed by atoms with Crippen molar-refractivity contribution >= 4 is 17.9 Å². The van der Waals surface area contributed by atoms with Crippen LogP contribution in [0.1, 0.15) is 310 Å². The third kappa shape index (κ3) is 66.4. The van der Waals surface area contributed by atoms with E-state index >= 15 is 0 Å². The highest BCUT2D eigenvalue weighted by Crippen LogP contribution is 2.15. The molecule has 0 saturated carbocycles. The maximum Gasteiger partial charge on any atom is 0.306 e. The van der Waals surface area contributed by atoms with Gasteiger partial charge in [-0.15, -0.1) is 0 Å². The van der Waals surface area contributed by atoms with Crippen LogP contribution in [-0.2, 0) is 28.6 Å². The Morgan fingerprint density at radius 2 is 0.488 bits per heavy atom. The molecule has 0 fully saturated rings. The molecule has 0 aromatic carbocycles. The van der Waals surface area contributed by atoms with Gasteiger partial charge >= 0.3 is 17.9 Å². The Kier molecular flexibility index (Phi) is 65.3. The Hall–Kier alpha value is -4.45. The highest BCUT2D eigenvalue weighted by Gasteiger charge is 2.19. The van der Waals surface area contributed by atoms with Crippen molar-refractivity contribution in [3.05, 3.63) is 134 Å². The van der Waals surface area contributed by atoms with Gasteiger partial charge in [-0.1, -0.05) is 289 Å². The second-order valence-corrected chi connectivity index (χ2v) is 22.3. The topological polar surface area (TPSA) is 78.9 Å². The first-order valence-corrected chi connectivity index (χ1v) is 34.2. The minimum absolute atomic E-state index is 0.0930. The van der Waals surface area contributed by atoms with E-state index in [0.29, 0.717) is 19.3 Å².